The van der Waals surface area contributed by atoms with Crippen LogP contribution in [0, 0.1) is 0 Å². The molecule has 0 radical (unpaired) electrons. The van der Waals surface area contributed by atoms with Gasteiger partial charge in [0.05, 0.1) is 13.7 Å². The molecular weight excluding hydrogens is 360 g/mol. The molecule has 2 aromatic carbocycles. The van der Waals surface area contributed by atoms with E-state index < -0.39 is 5.91 Å². The lowest BCUT2D eigenvalue weighted by molar-refractivity contribution is -0.118. The summed E-state index contributed by atoms with van der Waals surface area (Å²) in [6.45, 7) is 1.79. The van der Waals surface area contributed by atoms with E-state index in [1.165, 1.54) is 6.92 Å². The zero-order chi connectivity index (χ0) is 20.5. The van der Waals surface area contributed by atoms with Crippen LogP contribution >= 0.6 is 0 Å². The molecule has 8 heteroatoms. The maximum atomic E-state index is 12.5. The first-order valence-corrected chi connectivity index (χ1v) is 8.72. The summed E-state index contributed by atoms with van der Waals surface area (Å²) in [5.74, 6) is -0.149. The van der Waals surface area contributed by atoms with Crippen LogP contribution in [0.15, 0.2) is 48.5 Å². The van der Waals surface area contributed by atoms with Crippen LogP contribution in [0.4, 0.5) is 17.1 Å². The smallest absolute Gasteiger partial charge is 0.243 e. The average molecular weight is 384 g/mol. The van der Waals surface area contributed by atoms with E-state index in [2.05, 4.69) is 10.6 Å². The highest BCUT2D eigenvalue weighted by Gasteiger charge is 2.13. The number of methoxy groups -OCH3 is 1. The summed E-state index contributed by atoms with van der Waals surface area (Å²) in [5, 5.41) is 5.46. The van der Waals surface area contributed by atoms with E-state index in [1.54, 1.807) is 48.4 Å². The van der Waals surface area contributed by atoms with Crippen molar-refractivity contribution in [2.75, 3.05) is 35.7 Å². The fourth-order valence-corrected chi connectivity index (χ4v) is 2.55. The number of hydrogen-bond acceptors (Lipinski definition) is 5. The van der Waals surface area contributed by atoms with Gasteiger partial charge in [-0.25, -0.2) is 0 Å². The number of benzene rings is 2. The van der Waals surface area contributed by atoms with E-state index in [0.29, 0.717) is 23.7 Å². The Hall–Kier alpha value is -3.55. The predicted molar refractivity (Wildman–Crippen MR) is 108 cm³/mol. The van der Waals surface area contributed by atoms with Crippen molar-refractivity contribution in [3.8, 4) is 5.75 Å². The molecule has 0 saturated heterocycles. The minimum Gasteiger partial charge on any atom is -0.497 e. The minimum atomic E-state index is -0.438. The van der Waals surface area contributed by atoms with Gasteiger partial charge >= 0.3 is 0 Å². The second-order valence-electron chi connectivity index (χ2n) is 6.14. The number of nitrogens with zero attached hydrogens (tertiary/aromatic N) is 1. The summed E-state index contributed by atoms with van der Waals surface area (Å²) in [6.07, 6.45) is 0.130. The normalized spacial score (nSPS) is 10.1. The van der Waals surface area contributed by atoms with Gasteiger partial charge in [0.25, 0.3) is 0 Å². The second kappa shape index (κ2) is 9.96. The lowest BCUT2D eigenvalue weighted by Gasteiger charge is -2.24. The topological polar surface area (TPSA) is 114 Å². The van der Waals surface area contributed by atoms with Crippen LogP contribution in [0.1, 0.15) is 13.3 Å². The Bertz CT molecular complexity index is 819. The van der Waals surface area contributed by atoms with E-state index in [4.69, 9.17) is 10.5 Å². The highest BCUT2D eigenvalue weighted by molar-refractivity contribution is 5.95. The molecule has 0 fully saturated rings. The van der Waals surface area contributed by atoms with Gasteiger partial charge in [0.1, 0.15) is 5.75 Å². The van der Waals surface area contributed by atoms with Crippen LogP contribution in [0.25, 0.3) is 0 Å². The van der Waals surface area contributed by atoms with Crippen molar-refractivity contribution >= 4 is 34.8 Å². The summed E-state index contributed by atoms with van der Waals surface area (Å²) in [5.41, 5.74) is 7.27. The molecule has 4 N–H and O–H groups in total. The number of hydrogen-bond donors (Lipinski definition) is 3. The van der Waals surface area contributed by atoms with Crippen molar-refractivity contribution < 1.29 is 19.1 Å². The van der Waals surface area contributed by atoms with Gasteiger partial charge in [0, 0.05) is 37.0 Å². The summed E-state index contributed by atoms with van der Waals surface area (Å²) in [4.78, 5) is 36.5. The molecule has 2 aromatic rings. The van der Waals surface area contributed by atoms with Gasteiger partial charge in [-0.1, -0.05) is 0 Å². The van der Waals surface area contributed by atoms with Crippen molar-refractivity contribution in [1.29, 1.82) is 0 Å². The third kappa shape index (κ3) is 6.64. The molecule has 0 heterocycles. The van der Waals surface area contributed by atoms with Crippen molar-refractivity contribution in [3.05, 3.63) is 48.5 Å². The Balaban J connectivity index is 2.03. The molecule has 28 heavy (non-hydrogen) atoms. The molecule has 0 aliphatic rings. The zero-order valence-corrected chi connectivity index (χ0v) is 15.9. The average Bonchev–Trinajstić information content (AvgIpc) is 2.66. The highest BCUT2D eigenvalue weighted by Crippen LogP contribution is 2.20. The van der Waals surface area contributed by atoms with Crippen molar-refractivity contribution in [3.63, 3.8) is 0 Å². The van der Waals surface area contributed by atoms with Gasteiger partial charge in [0.2, 0.25) is 17.7 Å². The van der Waals surface area contributed by atoms with Crippen LogP contribution in [-0.4, -0.2) is 37.9 Å². The number of carbonyl (C=O) groups excluding carboxylic acids is 3. The molecule has 0 spiro atoms. The van der Waals surface area contributed by atoms with Crippen LogP contribution in [0.3, 0.4) is 0 Å². The molecule has 0 aliphatic heterocycles. The molecule has 0 atom stereocenters. The molecule has 8 nitrogen and oxygen atoms in total. The van der Waals surface area contributed by atoms with Gasteiger partial charge in [-0.15, -0.1) is 0 Å². The molecule has 0 unspecified atom stereocenters. The first-order valence-electron chi connectivity index (χ1n) is 8.72. The molecule has 0 aromatic heterocycles. The standard InChI is InChI=1S/C20H24N4O4/c1-14(25)22-15-3-5-16(6-4-15)23-20(27)13-24(12-11-19(21)26)17-7-9-18(28-2)10-8-17/h3-10H,11-13H2,1-2H3,(H2,21,26)(H,22,25)(H,23,27). The molecule has 3 amide bonds. The van der Waals surface area contributed by atoms with Crippen LogP contribution < -0.4 is 26.0 Å². The van der Waals surface area contributed by atoms with E-state index in [9.17, 15) is 14.4 Å². The molecule has 0 bridgehead atoms. The quantitative estimate of drug-likeness (QED) is 0.612. The third-order valence-electron chi connectivity index (χ3n) is 3.89. The third-order valence-corrected chi connectivity index (χ3v) is 3.89. The first-order chi connectivity index (χ1) is 13.4. The fourth-order valence-electron chi connectivity index (χ4n) is 2.55. The van der Waals surface area contributed by atoms with Crippen LogP contribution in [0.2, 0.25) is 0 Å². The summed E-state index contributed by atoms with van der Waals surface area (Å²) >= 11 is 0. The molecule has 0 saturated carbocycles. The first kappa shape index (κ1) is 20.8. The number of ether oxygens (including phenoxy) is 1. The number of anilines is 3. The molecule has 148 valence electrons. The summed E-state index contributed by atoms with van der Waals surface area (Å²) < 4.78 is 5.14. The van der Waals surface area contributed by atoms with Crippen LogP contribution in [0.5, 0.6) is 5.75 Å². The Kier molecular flexibility index (Phi) is 7.38. The van der Waals surface area contributed by atoms with Gasteiger partial charge in [-0.2, -0.15) is 0 Å². The van der Waals surface area contributed by atoms with Crippen LogP contribution in [-0.2, 0) is 14.4 Å². The van der Waals surface area contributed by atoms with Crippen molar-refractivity contribution in [1.82, 2.24) is 0 Å². The zero-order valence-electron chi connectivity index (χ0n) is 15.9. The molecule has 2 rings (SSSR count). The van der Waals surface area contributed by atoms with E-state index >= 15 is 0 Å². The fraction of sp³-hybridized carbons (Fsp3) is 0.250. The van der Waals surface area contributed by atoms with Gasteiger partial charge in [0.15, 0.2) is 0 Å². The summed E-state index contributed by atoms with van der Waals surface area (Å²) in [6, 6.07) is 14.0. The largest absolute Gasteiger partial charge is 0.497 e. The number of rotatable bonds is 9. The Labute approximate surface area is 163 Å². The summed E-state index contributed by atoms with van der Waals surface area (Å²) in [7, 11) is 1.57. The number of nitrogens with two attached hydrogens (primary N) is 1. The predicted octanol–water partition coefficient (Wildman–Crippen LogP) is 1.97. The Morgan fingerprint density at radius 2 is 1.54 bits per heavy atom. The highest BCUT2D eigenvalue weighted by atomic mass is 16.5. The SMILES string of the molecule is COc1ccc(N(CCC(N)=O)CC(=O)Nc2ccc(NC(C)=O)cc2)cc1. The lowest BCUT2D eigenvalue weighted by Crippen LogP contribution is -2.35. The monoisotopic (exact) mass is 384 g/mol. The van der Waals surface area contributed by atoms with E-state index in [0.717, 1.165) is 5.69 Å². The van der Waals surface area contributed by atoms with Gasteiger partial charge in [-0.3, -0.25) is 14.4 Å². The second-order valence-corrected chi connectivity index (χ2v) is 6.14. The minimum absolute atomic E-state index is 0.0487. The maximum Gasteiger partial charge on any atom is 0.243 e. The Morgan fingerprint density at radius 1 is 0.964 bits per heavy atom. The van der Waals surface area contributed by atoms with Crippen molar-refractivity contribution in [2.45, 2.75) is 13.3 Å². The Morgan fingerprint density at radius 3 is 2.04 bits per heavy atom. The number of amides is 3. The van der Waals surface area contributed by atoms with Crippen molar-refractivity contribution in [2.24, 2.45) is 5.73 Å². The number of primary amides is 1. The molecule has 0 aliphatic carbocycles. The lowest BCUT2D eigenvalue weighted by atomic mass is 10.2. The number of carbonyl (C=O) groups is 3. The maximum absolute atomic E-state index is 12.5. The van der Waals surface area contributed by atoms with E-state index in [-0.39, 0.29) is 24.8 Å². The van der Waals surface area contributed by atoms with E-state index in [1.807, 2.05) is 12.1 Å². The van der Waals surface area contributed by atoms with Gasteiger partial charge < -0.3 is 26.0 Å². The van der Waals surface area contributed by atoms with Gasteiger partial charge in [-0.05, 0) is 48.5 Å². The number of nitrogens with one attached hydrogen (secondary N) is 2. The molecular formula is C20H24N4O4.